The molecule has 25 heavy (non-hydrogen) atoms. The van der Waals surface area contributed by atoms with E-state index in [1.807, 2.05) is 0 Å². The molecule has 0 radical (unpaired) electrons. The number of amides is 3. The van der Waals surface area contributed by atoms with Crippen LogP contribution in [0.1, 0.15) is 19.3 Å². The highest BCUT2D eigenvalue weighted by Gasteiger charge is 2.34. The van der Waals surface area contributed by atoms with Gasteiger partial charge in [-0.3, -0.25) is 14.4 Å². The molecule has 1 aliphatic rings. The molecule has 3 unspecified atom stereocenters. The normalized spacial score (nSPS) is 22.8. The quantitative estimate of drug-likeness (QED) is 0.667. The van der Waals surface area contributed by atoms with Crippen LogP contribution in [0.5, 0.6) is 0 Å². The Morgan fingerprint density at radius 1 is 1.24 bits per heavy atom. The molecule has 1 aliphatic carbocycles. The van der Waals surface area contributed by atoms with Crippen molar-refractivity contribution >= 4 is 35.1 Å². The van der Waals surface area contributed by atoms with E-state index in [2.05, 4.69) is 15.6 Å². The molecule has 3 amide bonds. The summed E-state index contributed by atoms with van der Waals surface area (Å²) in [6, 6.07) is 2.33. The van der Waals surface area contributed by atoms with Gasteiger partial charge in [-0.1, -0.05) is 11.6 Å². The molecule has 2 rings (SSSR count). The van der Waals surface area contributed by atoms with E-state index in [-0.39, 0.29) is 29.7 Å². The Labute approximate surface area is 151 Å². The highest BCUT2D eigenvalue weighted by Crippen LogP contribution is 2.25. The average molecular weight is 368 g/mol. The zero-order chi connectivity index (χ0) is 18.6. The summed E-state index contributed by atoms with van der Waals surface area (Å²) in [5.41, 5.74) is 6.08. The molecule has 1 heterocycles. The fourth-order valence-corrected chi connectivity index (χ4v) is 2.94. The van der Waals surface area contributed by atoms with Crippen molar-refractivity contribution in [2.24, 2.45) is 11.7 Å². The molecular formula is C16H22ClN5O3. The second-order valence-corrected chi connectivity index (χ2v) is 6.74. The van der Waals surface area contributed by atoms with Crippen LogP contribution in [0.15, 0.2) is 18.3 Å². The van der Waals surface area contributed by atoms with Gasteiger partial charge >= 0.3 is 11.8 Å². The molecule has 1 fully saturated rings. The fraction of sp³-hybridized carbons (Fsp3) is 0.500. The molecule has 0 aromatic carbocycles. The van der Waals surface area contributed by atoms with Crippen molar-refractivity contribution < 1.29 is 14.4 Å². The summed E-state index contributed by atoms with van der Waals surface area (Å²) in [6.45, 7) is 0. The van der Waals surface area contributed by atoms with Gasteiger partial charge in [-0.15, -0.1) is 0 Å². The van der Waals surface area contributed by atoms with Crippen molar-refractivity contribution in [3.8, 4) is 0 Å². The maximum atomic E-state index is 12.0. The summed E-state index contributed by atoms with van der Waals surface area (Å²) < 4.78 is 0. The maximum Gasteiger partial charge on any atom is 0.314 e. The largest absolute Gasteiger partial charge is 0.349 e. The summed E-state index contributed by atoms with van der Waals surface area (Å²) in [4.78, 5) is 41.4. The van der Waals surface area contributed by atoms with Crippen LogP contribution >= 0.6 is 11.6 Å². The number of nitrogens with one attached hydrogen (secondary N) is 2. The number of pyridine rings is 1. The molecule has 1 aromatic rings. The summed E-state index contributed by atoms with van der Waals surface area (Å²) in [7, 11) is 3.41. The molecule has 0 aliphatic heterocycles. The van der Waals surface area contributed by atoms with Crippen LogP contribution in [0.4, 0.5) is 5.82 Å². The topological polar surface area (TPSA) is 117 Å². The van der Waals surface area contributed by atoms with Gasteiger partial charge in [0.15, 0.2) is 0 Å². The number of halogens is 1. The molecule has 3 atom stereocenters. The second-order valence-electron chi connectivity index (χ2n) is 6.30. The number of hydrogen-bond acceptors (Lipinski definition) is 5. The molecule has 1 saturated carbocycles. The zero-order valence-corrected chi connectivity index (χ0v) is 14.9. The van der Waals surface area contributed by atoms with Crippen LogP contribution in [0.25, 0.3) is 0 Å². The number of anilines is 1. The number of hydrogen-bond donors (Lipinski definition) is 3. The van der Waals surface area contributed by atoms with Gasteiger partial charge in [-0.05, 0) is 31.4 Å². The van der Waals surface area contributed by atoms with E-state index in [9.17, 15) is 14.4 Å². The van der Waals surface area contributed by atoms with Gasteiger partial charge in [0.25, 0.3) is 0 Å². The lowest BCUT2D eigenvalue weighted by molar-refractivity contribution is -0.137. The van der Waals surface area contributed by atoms with Gasteiger partial charge in [0, 0.05) is 38.3 Å². The third kappa shape index (κ3) is 5.14. The lowest BCUT2D eigenvalue weighted by atomic mass is 9.82. The van der Waals surface area contributed by atoms with Crippen molar-refractivity contribution in [2.45, 2.75) is 31.3 Å². The van der Waals surface area contributed by atoms with E-state index < -0.39 is 11.8 Å². The first-order valence-electron chi connectivity index (χ1n) is 7.98. The highest BCUT2D eigenvalue weighted by atomic mass is 35.5. The van der Waals surface area contributed by atoms with E-state index in [0.717, 1.165) is 0 Å². The Morgan fingerprint density at radius 3 is 2.52 bits per heavy atom. The molecule has 1 aromatic heterocycles. The maximum absolute atomic E-state index is 12.0. The predicted molar refractivity (Wildman–Crippen MR) is 93.8 cm³/mol. The van der Waals surface area contributed by atoms with Crippen molar-refractivity contribution in [2.75, 3.05) is 19.4 Å². The molecule has 0 bridgehead atoms. The van der Waals surface area contributed by atoms with Crippen molar-refractivity contribution in [1.82, 2.24) is 15.2 Å². The van der Waals surface area contributed by atoms with Gasteiger partial charge in [0.1, 0.15) is 5.82 Å². The third-order valence-electron chi connectivity index (χ3n) is 4.18. The van der Waals surface area contributed by atoms with Crippen molar-refractivity contribution in [3.63, 3.8) is 0 Å². The van der Waals surface area contributed by atoms with Crippen LogP contribution < -0.4 is 16.4 Å². The molecule has 8 nitrogen and oxygen atoms in total. The number of carbonyl (C=O) groups excluding carboxylic acids is 3. The van der Waals surface area contributed by atoms with Crippen LogP contribution in [-0.2, 0) is 14.4 Å². The zero-order valence-electron chi connectivity index (χ0n) is 14.2. The molecule has 0 spiro atoms. The first-order chi connectivity index (χ1) is 11.8. The lowest BCUT2D eigenvalue weighted by Crippen LogP contribution is -2.54. The molecular weight excluding hydrogens is 346 g/mol. The number of rotatable bonds is 3. The van der Waals surface area contributed by atoms with Gasteiger partial charge in [-0.2, -0.15) is 0 Å². The summed E-state index contributed by atoms with van der Waals surface area (Å²) >= 11 is 5.71. The van der Waals surface area contributed by atoms with E-state index >= 15 is 0 Å². The smallest absolute Gasteiger partial charge is 0.314 e. The Kier molecular flexibility index (Phi) is 6.33. The SMILES string of the molecule is CN(C)C(=O)C1CCC(NC(=O)C(=O)Nc2ccc(Cl)cn2)C(N)C1. The Morgan fingerprint density at radius 2 is 1.96 bits per heavy atom. The number of carbonyl (C=O) groups is 3. The minimum Gasteiger partial charge on any atom is -0.349 e. The van der Waals surface area contributed by atoms with E-state index in [1.54, 1.807) is 25.1 Å². The number of aromatic nitrogens is 1. The predicted octanol–water partition coefficient (Wildman–Crippen LogP) is 0.374. The van der Waals surface area contributed by atoms with E-state index in [0.29, 0.717) is 24.3 Å². The van der Waals surface area contributed by atoms with Crippen LogP contribution in [0.3, 0.4) is 0 Å². The number of nitrogens with zero attached hydrogens (tertiary/aromatic N) is 2. The van der Waals surface area contributed by atoms with Gasteiger partial charge < -0.3 is 21.3 Å². The molecule has 9 heteroatoms. The van der Waals surface area contributed by atoms with Crippen LogP contribution in [-0.4, -0.2) is 53.8 Å². The first kappa shape index (κ1) is 19.1. The molecule has 4 N–H and O–H groups in total. The highest BCUT2D eigenvalue weighted by molar-refractivity contribution is 6.39. The monoisotopic (exact) mass is 367 g/mol. The summed E-state index contributed by atoms with van der Waals surface area (Å²) in [6.07, 6.45) is 3.01. The minimum absolute atomic E-state index is 0.0341. The van der Waals surface area contributed by atoms with Gasteiger partial charge in [-0.25, -0.2) is 4.98 Å². The minimum atomic E-state index is -0.825. The van der Waals surface area contributed by atoms with Crippen LogP contribution in [0.2, 0.25) is 5.02 Å². The molecule has 136 valence electrons. The Hall–Kier alpha value is -2.19. The Balaban J connectivity index is 1.87. The fourth-order valence-electron chi connectivity index (χ4n) is 2.83. The van der Waals surface area contributed by atoms with Crippen molar-refractivity contribution in [3.05, 3.63) is 23.4 Å². The number of nitrogens with two attached hydrogens (primary N) is 1. The summed E-state index contributed by atoms with van der Waals surface area (Å²) in [5, 5.41) is 5.46. The standard InChI is InChI=1S/C16H22ClN5O3/c1-22(2)16(25)9-3-5-12(11(18)7-9)20-14(23)15(24)21-13-6-4-10(17)8-19-13/h4,6,8-9,11-12H,3,5,7,18H2,1-2H3,(H,20,23)(H,19,21,24). The summed E-state index contributed by atoms with van der Waals surface area (Å²) in [5.74, 6) is -1.49. The second kappa shape index (κ2) is 8.26. The van der Waals surface area contributed by atoms with E-state index in [1.165, 1.54) is 12.3 Å². The lowest BCUT2D eigenvalue weighted by Gasteiger charge is -2.34. The van der Waals surface area contributed by atoms with E-state index in [4.69, 9.17) is 17.3 Å². The van der Waals surface area contributed by atoms with Crippen molar-refractivity contribution in [1.29, 1.82) is 0 Å². The Bertz CT molecular complexity index is 650. The third-order valence-corrected chi connectivity index (χ3v) is 4.40. The first-order valence-corrected chi connectivity index (χ1v) is 8.36. The van der Waals surface area contributed by atoms with Gasteiger partial charge in [0.2, 0.25) is 5.91 Å². The van der Waals surface area contributed by atoms with Crippen LogP contribution in [0, 0.1) is 5.92 Å². The average Bonchev–Trinajstić information content (AvgIpc) is 2.57. The van der Waals surface area contributed by atoms with Gasteiger partial charge in [0.05, 0.1) is 5.02 Å². The molecule has 0 saturated heterocycles.